The highest BCUT2D eigenvalue weighted by Gasteiger charge is 2.34. The van der Waals surface area contributed by atoms with Crippen molar-refractivity contribution in [2.45, 2.75) is 51.1 Å². The summed E-state index contributed by atoms with van der Waals surface area (Å²) in [6, 6.07) is 7.10. The maximum Gasteiger partial charge on any atom is 0.224 e. The van der Waals surface area contributed by atoms with E-state index in [2.05, 4.69) is 10.6 Å². The fourth-order valence-corrected chi connectivity index (χ4v) is 3.89. The minimum Gasteiger partial charge on any atom is -0.489 e. The van der Waals surface area contributed by atoms with Crippen molar-refractivity contribution in [3.63, 3.8) is 0 Å². The Morgan fingerprint density at radius 3 is 2.64 bits per heavy atom. The first kappa shape index (κ1) is 20.0. The number of aryl methyl sites for hydroxylation is 1. The molecule has 1 aromatic carbocycles. The molecule has 2 saturated heterocycles. The van der Waals surface area contributed by atoms with Gasteiger partial charge in [0.15, 0.2) is 0 Å². The van der Waals surface area contributed by atoms with Crippen LogP contribution in [0.15, 0.2) is 18.2 Å². The molecule has 0 spiro atoms. The molecule has 0 radical (unpaired) electrons. The first-order valence-corrected chi connectivity index (χ1v) is 8.92. The summed E-state index contributed by atoms with van der Waals surface area (Å²) in [4.78, 5) is 12.5. The fraction of sp³-hybridized carbons (Fsp3) is 0.632. The topological polar surface area (TPSA) is 59.6 Å². The van der Waals surface area contributed by atoms with Gasteiger partial charge in [-0.15, -0.1) is 12.4 Å². The zero-order valence-corrected chi connectivity index (χ0v) is 15.9. The van der Waals surface area contributed by atoms with Gasteiger partial charge in [-0.2, -0.15) is 0 Å². The Hall–Kier alpha value is -1.30. The molecule has 5 nitrogen and oxygen atoms in total. The number of amides is 1. The van der Waals surface area contributed by atoms with Crippen LogP contribution >= 0.6 is 12.4 Å². The Morgan fingerprint density at radius 2 is 1.96 bits per heavy atom. The number of nitrogens with one attached hydrogen (secondary N) is 2. The number of piperidine rings is 1. The van der Waals surface area contributed by atoms with Gasteiger partial charge in [0, 0.05) is 25.6 Å². The molecule has 3 rings (SSSR count). The Morgan fingerprint density at radius 1 is 1.24 bits per heavy atom. The van der Waals surface area contributed by atoms with E-state index >= 15 is 0 Å². The van der Waals surface area contributed by atoms with Crippen molar-refractivity contribution < 1.29 is 14.3 Å². The average molecular weight is 369 g/mol. The van der Waals surface area contributed by atoms with E-state index in [1.165, 1.54) is 12.8 Å². The summed E-state index contributed by atoms with van der Waals surface area (Å²) in [5.41, 5.74) is 1.86. The minimum atomic E-state index is 0. The van der Waals surface area contributed by atoms with Gasteiger partial charge in [0.25, 0.3) is 0 Å². The third kappa shape index (κ3) is 5.59. The summed E-state index contributed by atoms with van der Waals surface area (Å²) in [5, 5.41) is 6.66. The fourth-order valence-electron chi connectivity index (χ4n) is 3.89. The standard InChI is InChI=1S/C19H28N2O3.ClH/c1-13-3-6-17(18(9-13)24-8-7-23-2)21-19(22)12-14-10-15-4-5-16(11-14)20-15;/h3,6,9,14-16,20H,4-5,7-8,10-12H2,1-2H3,(H,21,22);1H. The lowest BCUT2D eigenvalue weighted by atomic mass is 9.89. The average Bonchev–Trinajstić information content (AvgIpc) is 2.89. The molecular formula is C19H29ClN2O3. The molecule has 2 fully saturated rings. The van der Waals surface area contributed by atoms with Gasteiger partial charge in [0.05, 0.1) is 12.3 Å². The van der Waals surface area contributed by atoms with Crippen LogP contribution in [0.5, 0.6) is 5.75 Å². The van der Waals surface area contributed by atoms with Crippen LogP contribution in [-0.2, 0) is 9.53 Å². The van der Waals surface area contributed by atoms with Crippen molar-refractivity contribution in [3.8, 4) is 5.75 Å². The minimum absolute atomic E-state index is 0. The highest BCUT2D eigenvalue weighted by atomic mass is 35.5. The number of anilines is 1. The number of hydrogen-bond acceptors (Lipinski definition) is 4. The smallest absolute Gasteiger partial charge is 0.224 e. The number of hydrogen-bond donors (Lipinski definition) is 2. The summed E-state index contributed by atoms with van der Waals surface area (Å²) in [7, 11) is 1.65. The Labute approximate surface area is 156 Å². The second-order valence-corrected chi connectivity index (χ2v) is 7.07. The van der Waals surface area contributed by atoms with Gasteiger partial charge in [0.2, 0.25) is 5.91 Å². The number of halogens is 1. The first-order chi connectivity index (χ1) is 11.6. The van der Waals surface area contributed by atoms with E-state index in [4.69, 9.17) is 9.47 Å². The van der Waals surface area contributed by atoms with Crippen molar-refractivity contribution >= 4 is 24.0 Å². The third-order valence-corrected chi connectivity index (χ3v) is 5.00. The number of benzene rings is 1. The molecular weight excluding hydrogens is 340 g/mol. The first-order valence-electron chi connectivity index (χ1n) is 8.92. The summed E-state index contributed by atoms with van der Waals surface area (Å²) in [6.45, 7) is 3.01. The lowest BCUT2D eigenvalue weighted by Crippen LogP contribution is -2.39. The van der Waals surface area contributed by atoms with Crippen molar-refractivity contribution in [2.24, 2.45) is 5.92 Å². The highest BCUT2D eigenvalue weighted by molar-refractivity contribution is 5.92. The molecule has 2 bridgehead atoms. The maximum absolute atomic E-state index is 12.5. The molecule has 0 saturated carbocycles. The SMILES string of the molecule is COCCOc1cc(C)ccc1NC(=O)CC1CC2CCC(C1)N2.Cl. The zero-order chi connectivity index (χ0) is 16.9. The lowest BCUT2D eigenvalue weighted by Gasteiger charge is -2.28. The normalized spacial score (nSPS) is 24.5. The van der Waals surface area contributed by atoms with E-state index in [-0.39, 0.29) is 18.3 Å². The predicted molar refractivity (Wildman–Crippen MR) is 102 cm³/mol. The van der Waals surface area contributed by atoms with Crippen molar-refractivity contribution in [2.75, 3.05) is 25.6 Å². The third-order valence-electron chi connectivity index (χ3n) is 5.00. The van der Waals surface area contributed by atoms with Gasteiger partial charge in [-0.1, -0.05) is 6.07 Å². The molecule has 6 heteroatoms. The summed E-state index contributed by atoms with van der Waals surface area (Å²) in [6.07, 6.45) is 5.36. The molecule has 2 aliphatic heterocycles. The zero-order valence-electron chi connectivity index (χ0n) is 15.0. The van der Waals surface area contributed by atoms with Gasteiger partial charge in [0.1, 0.15) is 12.4 Å². The van der Waals surface area contributed by atoms with Gasteiger partial charge in [-0.25, -0.2) is 0 Å². The van der Waals surface area contributed by atoms with Crippen molar-refractivity contribution in [1.82, 2.24) is 5.32 Å². The van der Waals surface area contributed by atoms with Crippen molar-refractivity contribution in [3.05, 3.63) is 23.8 Å². The molecule has 140 valence electrons. The summed E-state index contributed by atoms with van der Waals surface area (Å²) < 4.78 is 10.8. The quantitative estimate of drug-likeness (QED) is 0.725. The lowest BCUT2D eigenvalue weighted by molar-refractivity contribution is -0.117. The highest BCUT2D eigenvalue weighted by Crippen LogP contribution is 2.33. The van der Waals surface area contributed by atoms with E-state index in [1.54, 1.807) is 7.11 Å². The molecule has 1 amide bonds. The molecule has 2 heterocycles. The van der Waals surface area contributed by atoms with E-state index in [0.29, 0.717) is 43.4 Å². The molecule has 2 aliphatic rings. The van der Waals surface area contributed by atoms with Gasteiger partial charge in [-0.3, -0.25) is 4.79 Å². The number of carbonyl (C=O) groups is 1. The molecule has 25 heavy (non-hydrogen) atoms. The summed E-state index contributed by atoms with van der Waals surface area (Å²) >= 11 is 0. The Kier molecular flexibility index (Phi) is 7.54. The van der Waals surface area contributed by atoms with Crippen LogP contribution in [0.1, 0.15) is 37.7 Å². The van der Waals surface area contributed by atoms with E-state index in [1.807, 2.05) is 25.1 Å². The molecule has 0 aliphatic carbocycles. The molecule has 1 aromatic rings. The Bertz CT molecular complexity index is 570. The molecule has 2 atom stereocenters. The van der Waals surface area contributed by atoms with Crippen LogP contribution in [-0.4, -0.2) is 38.3 Å². The maximum atomic E-state index is 12.5. The largest absolute Gasteiger partial charge is 0.489 e. The Balaban J connectivity index is 0.00000225. The van der Waals surface area contributed by atoms with Crippen LogP contribution in [0.3, 0.4) is 0 Å². The predicted octanol–water partition coefficient (Wildman–Crippen LogP) is 3.30. The van der Waals surface area contributed by atoms with Crippen LogP contribution in [0.4, 0.5) is 5.69 Å². The van der Waals surface area contributed by atoms with Gasteiger partial charge < -0.3 is 20.1 Å². The van der Waals surface area contributed by atoms with Crippen LogP contribution < -0.4 is 15.4 Å². The van der Waals surface area contributed by atoms with Gasteiger partial charge >= 0.3 is 0 Å². The number of carbonyl (C=O) groups excluding carboxylic acids is 1. The second kappa shape index (κ2) is 9.41. The monoisotopic (exact) mass is 368 g/mol. The van der Waals surface area contributed by atoms with E-state index in [9.17, 15) is 4.79 Å². The number of fused-ring (bicyclic) bond motifs is 2. The van der Waals surface area contributed by atoms with E-state index in [0.717, 1.165) is 24.1 Å². The number of ether oxygens (including phenoxy) is 2. The number of methoxy groups -OCH3 is 1. The van der Waals surface area contributed by atoms with Gasteiger partial charge in [-0.05, 0) is 56.2 Å². The second-order valence-electron chi connectivity index (χ2n) is 7.07. The van der Waals surface area contributed by atoms with Crippen LogP contribution in [0.25, 0.3) is 0 Å². The molecule has 2 unspecified atom stereocenters. The number of rotatable bonds is 7. The molecule has 0 aromatic heterocycles. The van der Waals surface area contributed by atoms with E-state index < -0.39 is 0 Å². The van der Waals surface area contributed by atoms with Crippen molar-refractivity contribution in [1.29, 1.82) is 0 Å². The summed E-state index contributed by atoms with van der Waals surface area (Å²) in [5.74, 6) is 1.29. The molecule has 2 N–H and O–H groups in total. The van der Waals surface area contributed by atoms with Crippen LogP contribution in [0, 0.1) is 12.8 Å². The van der Waals surface area contributed by atoms with Crippen LogP contribution in [0.2, 0.25) is 0 Å².